The SMILES string of the molecule is CCN(C)CNc1nc(N(C)C2CC(C)(C)NC(C)(C)C2)nc(N(C)C2CC(C)(C)NC(C)(C)C2)n1. The van der Waals surface area contributed by atoms with Crippen LogP contribution in [0.15, 0.2) is 0 Å². The molecule has 2 aliphatic heterocycles. The highest BCUT2D eigenvalue weighted by atomic mass is 15.4. The maximum Gasteiger partial charge on any atom is 0.231 e. The Kier molecular flexibility index (Phi) is 8.19. The number of nitrogens with one attached hydrogen (secondary N) is 3. The van der Waals surface area contributed by atoms with Crippen LogP contribution in [0, 0.1) is 0 Å². The van der Waals surface area contributed by atoms with E-state index in [-0.39, 0.29) is 22.2 Å². The monoisotopic (exact) mass is 503 g/mol. The van der Waals surface area contributed by atoms with Crippen LogP contribution in [0.1, 0.15) is 88.0 Å². The number of hydrogen-bond acceptors (Lipinski definition) is 9. The van der Waals surface area contributed by atoms with Gasteiger partial charge in [-0.15, -0.1) is 0 Å². The van der Waals surface area contributed by atoms with Crippen LogP contribution in [0.3, 0.4) is 0 Å². The van der Waals surface area contributed by atoms with Gasteiger partial charge in [0.2, 0.25) is 17.8 Å². The third-order valence-electron chi connectivity index (χ3n) is 7.72. The average molecular weight is 504 g/mol. The molecular formula is C27H53N9. The minimum absolute atomic E-state index is 0.0461. The van der Waals surface area contributed by atoms with Gasteiger partial charge in [-0.3, -0.25) is 4.90 Å². The van der Waals surface area contributed by atoms with Gasteiger partial charge in [-0.1, -0.05) is 6.92 Å². The largest absolute Gasteiger partial charge is 0.341 e. The fraction of sp³-hybridized carbons (Fsp3) is 0.889. The molecule has 0 saturated carbocycles. The summed E-state index contributed by atoms with van der Waals surface area (Å²) in [4.78, 5) is 21.6. The van der Waals surface area contributed by atoms with Crippen LogP contribution in [-0.2, 0) is 0 Å². The minimum atomic E-state index is 0.0461. The zero-order valence-corrected chi connectivity index (χ0v) is 25.1. The van der Waals surface area contributed by atoms with Crippen LogP contribution in [0.4, 0.5) is 17.8 Å². The molecule has 9 nitrogen and oxygen atoms in total. The van der Waals surface area contributed by atoms with Gasteiger partial charge < -0.3 is 25.8 Å². The van der Waals surface area contributed by atoms with Crippen LogP contribution < -0.4 is 25.8 Å². The van der Waals surface area contributed by atoms with Gasteiger partial charge >= 0.3 is 0 Å². The van der Waals surface area contributed by atoms with Crippen molar-refractivity contribution in [3.05, 3.63) is 0 Å². The predicted molar refractivity (Wildman–Crippen MR) is 152 cm³/mol. The van der Waals surface area contributed by atoms with E-state index in [0.717, 1.165) is 44.1 Å². The van der Waals surface area contributed by atoms with Crippen molar-refractivity contribution in [1.82, 2.24) is 30.5 Å². The predicted octanol–water partition coefficient (Wildman–Crippen LogP) is 3.68. The Morgan fingerprint density at radius 1 is 0.694 bits per heavy atom. The topological polar surface area (TPSA) is 84.5 Å². The average Bonchev–Trinajstić information content (AvgIpc) is 2.71. The molecule has 0 spiro atoms. The Hall–Kier alpha value is -1.71. The number of aromatic nitrogens is 3. The molecule has 0 aromatic carbocycles. The third-order valence-corrected chi connectivity index (χ3v) is 7.72. The molecule has 0 aliphatic carbocycles. The van der Waals surface area contributed by atoms with E-state index >= 15 is 0 Å². The summed E-state index contributed by atoms with van der Waals surface area (Å²) in [5, 5.41) is 11.0. The first kappa shape index (κ1) is 28.9. The quantitative estimate of drug-likeness (QED) is 0.460. The van der Waals surface area contributed by atoms with Crippen LogP contribution in [-0.4, -0.2) is 88.4 Å². The molecule has 3 N–H and O–H groups in total. The van der Waals surface area contributed by atoms with E-state index in [0.29, 0.717) is 24.7 Å². The second-order valence-electron chi connectivity index (χ2n) is 13.9. The standard InChI is InChI=1S/C27H53N9/c1-13-34(10)18-28-21-29-22(35(11)19-14-24(2,3)32-25(4,5)15-19)31-23(30-21)36(12)20-16-26(6,7)33-27(8,9)17-20/h19-20,32-33H,13-18H2,1-12H3,(H,28,29,30,31). The number of piperidine rings is 2. The molecule has 0 atom stereocenters. The Bertz CT molecular complexity index is 801. The zero-order chi connectivity index (χ0) is 27.1. The molecule has 0 radical (unpaired) electrons. The van der Waals surface area contributed by atoms with E-state index < -0.39 is 0 Å². The van der Waals surface area contributed by atoms with E-state index in [4.69, 9.17) is 15.0 Å². The number of nitrogens with zero attached hydrogens (tertiary/aromatic N) is 6. The Balaban J connectivity index is 1.94. The summed E-state index contributed by atoms with van der Waals surface area (Å²) in [5.41, 5.74) is 0.185. The molecule has 3 heterocycles. The zero-order valence-electron chi connectivity index (χ0n) is 25.1. The lowest BCUT2D eigenvalue weighted by atomic mass is 9.79. The van der Waals surface area contributed by atoms with Gasteiger partial charge in [0.15, 0.2) is 0 Å². The van der Waals surface area contributed by atoms with Crippen LogP contribution in [0.2, 0.25) is 0 Å². The van der Waals surface area contributed by atoms with Crippen molar-refractivity contribution in [1.29, 1.82) is 0 Å². The van der Waals surface area contributed by atoms with Gasteiger partial charge in [0.1, 0.15) is 0 Å². The summed E-state index contributed by atoms with van der Waals surface area (Å²) < 4.78 is 0. The molecule has 1 aromatic rings. The van der Waals surface area contributed by atoms with Gasteiger partial charge in [0.05, 0.1) is 6.67 Å². The van der Waals surface area contributed by atoms with Gasteiger partial charge in [0.25, 0.3) is 0 Å². The molecule has 1 aromatic heterocycles. The Morgan fingerprint density at radius 2 is 1.06 bits per heavy atom. The van der Waals surface area contributed by atoms with Crippen molar-refractivity contribution in [3.8, 4) is 0 Å². The van der Waals surface area contributed by atoms with Gasteiger partial charge in [0, 0.05) is 48.3 Å². The van der Waals surface area contributed by atoms with Crippen molar-refractivity contribution >= 4 is 17.8 Å². The number of anilines is 3. The first-order valence-electron chi connectivity index (χ1n) is 13.6. The molecule has 0 unspecified atom stereocenters. The summed E-state index contributed by atoms with van der Waals surface area (Å²) in [7, 11) is 6.37. The normalized spacial score (nSPS) is 23.5. The molecule has 206 valence electrons. The van der Waals surface area contributed by atoms with E-state index in [2.05, 4.69) is 114 Å². The van der Waals surface area contributed by atoms with Crippen molar-refractivity contribution in [3.63, 3.8) is 0 Å². The molecule has 0 amide bonds. The Morgan fingerprint density at radius 3 is 1.39 bits per heavy atom. The molecule has 0 bridgehead atoms. The fourth-order valence-corrected chi connectivity index (χ4v) is 6.48. The highest BCUT2D eigenvalue weighted by Crippen LogP contribution is 2.35. The first-order chi connectivity index (χ1) is 16.4. The van der Waals surface area contributed by atoms with Crippen LogP contribution in [0.25, 0.3) is 0 Å². The highest BCUT2D eigenvalue weighted by Gasteiger charge is 2.41. The lowest BCUT2D eigenvalue weighted by Gasteiger charge is -2.49. The first-order valence-corrected chi connectivity index (χ1v) is 13.6. The molecule has 2 fully saturated rings. The van der Waals surface area contributed by atoms with E-state index in [9.17, 15) is 0 Å². The van der Waals surface area contributed by atoms with Gasteiger partial charge in [-0.05, 0) is 94.7 Å². The minimum Gasteiger partial charge on any atom is -0.341 e. The van der Waals surface area contributed by atoms with E-state index in [1.54, 1.807) is 0 Å². The molecule has 2 saturated heterocycles. The summed E-state index contributed by atoms with van der Waals surface area (Å²) in [6.45, 7) is 22.1. The summed E-state index contributed by atoms with van der Waals surface area (Å²) in [5.74, 6) is 2.10. The molecule has 2 aliphatic rings. The fourth-order valence-electron chi connectivity index (χ4n) is 6.48. The third kappa shape index (κ3) is 7.42. The van der Waals surface area contributed by atoms with Crippen LogP contribution in [0.5, 0.6) is 0 Å². The lowest BCUT2D eigenvalue weighted by Crippen LogP contribution is -2.62. The summed E-state index contributed by atoms with van der Waals surface area (Å²) in [6.07, 6.45) is 4.12. The molecule has 3 rings (SSSR count). The van der Waals surface area contributed by atoms with E-state index in [1.165, 1.54) is 0 Å². The van der Waals surface area contributed by atoms with Gasteiger partial charge in [-0.25, -0.2) is 0 Å². The smallest absolute Gasteiger partial charge is 0.231 e. The van der Waals surface area contributed by atoms with Gasteiger partial charge in [-0.2, -0.15) is 15.0 Å². The second-order valence-corrected chi connectivity index (χ2v) is 13.9. The highest BCUT2D eigenvalue weighted by molar-refractivity contribution is 5.46. The number of rotatable bonds is 8. The second kappa shape index (κ2) is 10.2. The van der Waals surface area contributed by atoms with Crippen molar-refractivity contribution in [2.75, 3.05) is 49.5 Å². The maximum atomic E-state index is 5.06. The summed E-state index contributed by atoms with van der Waals surface area (Å²) >= 11 is 0. The van der Waals surface area contributed by atoms with Crippen molar-refractivity contribution in [2.45, 2.75) is 122 Å². The maximum absolute atomic E-state index is 5.06. The van der Waals surface area contributed by atoms with Crippen LogP contribution >= 0.6 is 0 Å². The Labute approximate surface area is 220 Å². The van der Waals surface area contributed by atoms with Crippen molar-refractivity contribution < 1.29 is 0 Å². The lowest BCUT2D eigenvalue weighted by molar-refractivity contribution is 0.160. The molecule has 36 heavy (non-hydrogen) atoms. The molecule has 9 heteroatoms. The molecular weight excluding hydrogens is 450 g/mol. The number of hydrogen-bond donors (Lipinski definition) is 3. The van der Waals surface area contributed by atoms with E-state index in [1.807, 2.05) is 0 Å². The summed E-state index contributed by atoms with van der Waals surface area (Å²) in [6, 6.07) is 0.666. The van der Waals surface area contributed by atoms with Crippen molar-refractivity contribution in [2.24, 2.45) is 0 Å².